The summed E-state index contributed by atoms with van der Waals surface area (Å²) in [7, 11) is 0. The highest BCUT2D eigenvalue weighted by Crippen LogP contribution is 2.47. The van der Waals surface area contributed by atoms with Gasteiger partial charge in [0.15, 0.2) is 5.96 Å². The molecule has 1 aliphatic rings. The molecule has 0 saturated heterocycles. The van der Waals surface area contributed by atoms with E-state index in [0.29, 0.717) is 24.1 Å². The van der Waals surface area contributed by atoms with Crippen molar-refractivity contribution < 1.29 is 17.9 Å². The zero-order valence-corrected chi connectivity index (χ0v) is 16.1. The molecule has 140 valence electrons. The molecule has 4 nitrogen and oxygen atoms in total. The van der Waals surface area contributed by atoms with E-state index in [-0.39, 0.29) is 35.7 Å². The first kappa shape index (κ1) is 20.3. The van der Waals surface area contributed by atoms with Crippen LogP contribution in [0.4, 0.5) is 18.9 Å². The van der Waals surface area contributed by atoms with Gasteiger partial charge in [0, 0.05) is 12.2 Å². The Labute approximate surface area is 166 Å². The maximum atomic E-state index is 12.1. The molecule has 2 aromatic rings. The average Bonchev–Trinajstić information content (AvgIpc) is 3.34. The van der Waals surface area contributed by atoms with E-state index in [4.69, 9.17) is 5.73 Å². The second-order valence-corrected chi connectivity index (χ2v) is 5.94. The normalized spacial score (nSPS) is 19.4. The molecule has 8 heteroatoms. The topological polar surface area (TPSA) is 59.6 Å². The lowest BCUT2D eigenvalue weighted by atomic mass is 10.1. The van der Waals surface area contributed by atoms with Gasteiger partial charge < -0.3 is 15.8 Å². The first-order valence-corrected chi connectivity index (χ1v) is 7.88. The fourth-order valence-electron chi connectivity index (χ4n) is 2.70. The maximum Gasteiger partial charge on any atom is 0.573 e. The molecular weight excluding hydrogens is 458 g/mol. The minimum atomic E-state index is -4.70. The second-order valence-electron chi connectivity index (χ2n) is 5.94. The molecule has 0 radical (unpaired) electrons. The standard InChI is InChI=1S/C18H18F3N3O.HI/c19-18(20,21)25-15-8-6-14(7-9-15)24-17(22)23-11-13-10-16(13)12-4-2-1-3-5-12;/h1-9,13,16H,10-11H2,(H3,22,23,24);1H. The van der Waals surface area contributed by atoms with Crippen molar-refractivity contribution in [1.82, 2.24) is 0 Å². The van der Waals surface area contributed by atoms with Crippen LogP contribution in [0.3, 0.4) is 0 Å². The zero-order valence-electron chi connectivity index (χ0n) is 13.7. The number of aliphatic imine (C=N–C) groups is 1. The predicted molar refractivity (Wildman–Crippen MR) is 106 cm³/mol. The zero-order chi connectivity index (χ0) is 17.9. The number of guanidine groups is 1. The average molecular weight is 477 g/mol. The molecular formula is C18H19F3IN3O. The van der Waals surface area contributed by atoms with Crippen LogP contribution in [0.15, 0.2) is 59.6 Å². The third-order valence-corrected chi connectivity index (χ3v) is 4.01. The molecule has 1 saturated carbocycles. The minimum Gasteiger partial charge on any atom is -0.406 e. The molecule has 26 heavy (non-hydrogen) atoms. The summed E-state index contributed by atoms with van der Waals surface area (Å²) in [6, 6.07) is 15.6. The van der Waals surface area contributed by atoms with Gasteiger partial charge in [-0.1, -0.05) is 30.3 Å². The van der Waals surface area contributed by atoms with E-state index in [1.54, 1.807) is 0 Å². The van der Waals surface area contributed by atoms with Crippen molar-refractivity contribution in [3.05, 3.63) is 60.2 Å². The van der Waals surface area contributed by atoms with Gasteiger partial charge in [0.1, 0.15) is 5.75 Å². The molecule has 0 aromatic heterocycles. The van der Waals surface area contributed by atoms with Crippen molar-refractivity contribution in [3.63, 3.8) is 0 Å². The fourth-order valence-corrected chi connectivity index (χ4v) is 2.70. The summed E-state index contributed by atoms with van der Waals surface area (Å²) >= 11 is 0. The lowest BCUT2D eigenvalue weighted by Crippen LogP contribution is -2.23. The Hall–Kier alpha value is -1.97. The van der Waals surface area contributed by atoms with Crippen LogP contribution in [0.1, 0.15) is 17.9 Å². The molecule has 3 rings (SSSR count). The summed E-state index contributed by atoms with van der Waals surface area (Å²) in [5, 5.41) is 2.86. The van der Waals surface area contributed by atoms with Crippen molar-refractivity contribution in [1.29, 1.82) is 0 Å². The third kappa shape index (κ3) is 6.08. The molecule has 0 spiro atoms. The van der Waals surface area contributed by atoms with Gasteiger partial charge in [-0.05, 0) is 48.1 Å². The molecule has 1 aliphatic carbocycles. The lowest BCUT2D eigenvalue weighted by molar-refractivity contribution is -0.274. The summed E-state index contributed by atoms with van der Waals surface area (Å²) < 4.78 is 40.1. The molecule has 0 heterocycles. The van der Waals surface area contributed by atoms with E-state index in [2.05, 4.69) is 27.2 Å². The number of anilines is 1. The number of benzene rings is 2. The van der Waals surface area contributed by atoms with Crippen molar-refractivity contribution in [2.24, 2.45) is 16.6 Å². The number of hydrogen-bond donors (Lipinski definition) is 2. The van der Waals surface area contributed by atoms with Crippen molar-refractivity contribution in [3.8, 4) is 5.75 Å². The monoisotopic (exact) mass is 477 g/mol. The largest absolute Gasteiger partial charge is 0.573 e. The van der Waals surface area contributed by atoms with Crippen LogP contribution < -0.4 is 15.8 Å². The molecule has 1 fully saturated rings. The van der Waals surface area contributed by atoms with Gasteiger partial charge in [0.05, 0.1) is 0 Å². The van der Waals surface area contributed by atoms with Gasteiger partial charge in [-0.2, -0.15) is 0 Å². The highest BCUT2D eigenvalue weighted by molar-refractivity contribution is 14.0. The van der Waals surface area contributed by atoms with Crippen molar-refractivity contribution in [2.45, 2.75) is 18.7 Å². The number of nitrogens with one attached hydrogen (secondary N) is 1. The summed E-state index contributed by atoms with van der Waals surface area (Å²) in [4.78, 5) is 4.31. The summed E-state index contributed by atoms with van der Waals surface area (Å²) in [5.74, 6) is 0.960. The van der Waals surface area contributed by atoms with Crippen LogP contribution in [-0.4, -0.2) is 18.9 Å². The molecule has 3 N–H and O–H groups in total. The van der Waals surface area contributed by atoms with Crippen LogP contribution in [0.2, 0.25) is 0 Å². The first-order valence-electron chi connectivity index (χ1n) is 7.88. The maximum absolute atomic E-state index is 12.1. The second kappa shape index (κ2) is 8.61. The fraction of sp³-hybridized carbons (Fsp3) is 0.278. The number of nitrogens with two attached hydrogens (primary N) is 1. The Kier molecular flexibility index (Phi) is 6.74. The van der Waals surface area contributed by atoms with Crippen LogP contribution >= 0.6 is 24.0 Å². The highest BCUT2D eigenvalue weighted by Gasteiger charge is 2.37. The van der Waals surface area contributed by atoms with Gasteiger partial charge in [0.2, 0.25) is 0 Å². The summed E-state index contributed by atoms with van der Waals surface area (Å²) in [6.07, 6.45) is -3.61. The summed E-state index contributed by atoms with van der Waals surface area (Å²) in [6.45, 7) is 0.619. The number of halogens is 4. The minimum absolute atomic E-state index is 0. The Morgan fingerprint density at radius 1 is 1.12 bits per heavy atom. The van der Waals surface area contributed by atoms with Gasteiger partial charge in [-0.25, -0.2) is 0 Å². The Bertz CT molecular complexity index is 736. The number of rotatable bonds is 5. The quantitative estimate of drug-likeness (QED) is 0.372. The molecule has 2 unspecified atom stereocenters. The van der Waals surface area contributed by atoms with Crippen LogP contribution in [0.25, 0.3) is 0 Å². The summed E-state index contributed by atoms with van der Waals surface area (Å²) in [5.41, 5.74) is 7.70. The number of nitrogens with zero attached hydrogens (tertiary/aromatic N) is 1. The van der Waals surface area contributed by atoms with Gasteiger partial charge in [0.25, 0.3) is 0 Å². The Morgan fingerprint density at radius 2 is 1.77 bits per heavy atom. The number of alkyl halides is 3. The van der Waals surface area contributed by atoms with E-state index in [1.165, 1.54) is 29.8 Å². The smallest absolute Gasteiger partial charge is 0.406 e. The predicted octanol–water partition coefficient (Wildman–Crippen LogP) is 4.73. The van der Waals surface area contributed by atoms with Crippen molar-refractivity contribution >= 4 is 35.6 Å². The highest BCUT2D eigenvalue weighted by atomic mass is 127. The van der Waals surface area contributed by atoms with Crippen LogP contribution in [0.5, 0.6) is 5.75 Å². The van der Waals surface area contributed by atoms with E-state index in [9.17, 15) is 13.2 Å². The molecule has 2 atom stereocenters. The third-order valence-electron chi connectivity index (χ3n) is 4.01. The van der Waals surface area contributed by atoms with E-state index in [1.807, 2.05) is 18.2 Å². The van der Waals surface area contributed by atoms with Gasteiger partial charge >= 0.3 is 6.36 Å². The van der Waals surface area contributed by atoms with E-state index in [0.717, 1.165) is 6.42 Å². The number of ether oxygens (including phenoxy) is 1. The SMILES string of the molecule is I.NC(=NCC1CC1c1ccccc1)Nc1ccc(OC(F)(F)F)cc1. The molecule has 0 bridgehead atoms. The van der Waals surface area contributed by atoms with E-state index < -0.39 is 6.36 Å². The lowest BCUT2D eigenvalue weighted by Gasteiger charge is -2.10. The molecule has 2 aromatic carbocycles. The Balaban J connectivity index is 0.00000243. The van der Waals surface area contributed by atoms with Crippen LogP contribution in [-0.2, 0) is 0 Å². The molecule has 0 amide bonds. The number of hydrogen-bond acceptors (Lipinski definition) is 2. The van der Waals surface area contributed by atoms with Gasteiger partial charge in [-0.15, -0.1) is 37.1 Å². The van der Waals surface area contributed by atoms with E-state index >= 15 is 0 Å². The van der Waals surface area contributed by atoms with Crippen LogP contribution in [0, 0.1) is 5.92 Å². The Morgan fingerprint density at radius 3 is 2.38 bits per heavy atom. The van der Waals surface area contributed by atoms with Crippen molar-refractivity contribution in [2.75, 3.05) is 11.9 Å². The van der Waals surface area contributed by atoms with Gasteiger partial charge in [-0.3, -0.25) is 4.99 Å². The first-order chi connectivity index (χ1) is 11.9. The molecule has 0 aliphatic heterocycles.